The Labute approximate surface area is 155 Å². The summed E-state index contributed by atoms with van der Waals surface area (Å²) < 4.78 is 5.38. The fraction of sp³-hybridized carbons (Fsp3) is 0.714. The molecule has 2 aliphatic heterocycles. The van der Waals surface area contributed by atoms with Gasteiger partial charge in [0.25, 0.3) is 5.91 Å². The number of likely N-dealkylation sites (tertiary alicyclic amines) is 2. The molecule has 0 radical (unpaired) electrons. The number of carbonyl (C=O) groups is 2. The highest BCUT2D eigenvalue weighted by Crippen LogP contribution is 2.41. The van der Waals surface area contributed by atoms with Crippen molar-refractivity contribution in [3.8, 4) is 0 Å². The van der Waals surface area contributed by atoms with Gasteiger partial charge in [0.15, 0.2) is 5.76 Å². The van der Waals surface area contributed by atoms with Crippen molar-refractivity contribution in [1.82, 2.24) is 9.80 Å². The van der Waals surface area contributed by atoms with E-state index in [2.05, 4.69) is 4.90 Å². The Morgan fingerprint density at radius 2 is 2.00 bits per heavy atom. The van der Waals surface area contributed by atoms with E-state index in [1.807, 2.05) is 17.9 Å². The van der Waals surface area contributed by atoms with Crippen LogP contribution in [0.4, 0.5) is 0 Å². The fourth-order valence-electron chi connectivity index (χ4n) is 5.17. The van der Waals surface area contributed by atoms with Gasteiger partial charge in [0.05, 0.1) is 11.7 Å². The second-order valence-electron chi connectivity index (χ2n) is 8.55. The van der Waals surface area contributed by atoms with Crippen LogP contribution in [0.5, 0.6) is 0 Å². The van der Waals surface area contributed by atoms with Crippen LogP contribution in [-0.4, -0.2) is 47.8 Å². The van der Waals surface area contributed by atoms with Crippen molar-refractivity contribution in [3.05, 3.63) is 23.7 Å². The highest BCUT2D eigenvalue weighted by Gasteiger charge is 2.50. The predicted octanol–water partition coefficient (Wildman–Crippen LogP) is 3.62. The first kappa shape index (κ1) is 17.6. The largest absolute Gasteiger partial charge is 0.459 e. The predicted molar refractivity (Wildman–Crippen MR) is 98.8 cm³/mol. The normalized spacial score (nSPS) is 27.5. The molecule has 1 unspecified atom stereocenters. The molecule has 3 fully saturated rings. The maximum absolute atomic E-state index is 13.3. The number of rotatable bonds is 3. The van der Waals surface area contributed by atoms with Gasteiger partial charge in [0, 0.05) is 31.7 Å². The number of piperidine rings is 1. The Morgan fingerprint density at radius 1 is 1.19 bits per heavy atom. The molecule has 2 saturated heterocycles. The maximum Gasteiger partial charge on any atom is 0.289 e. The zero-order valence-corrected chi connectivity index (χ0v) is 15.8. The van der Waals surface area contributed by atoms with Crippen molar-refractivity contribution in [2.75, 3.05) is 26.2 Å². The van der Waals surface area contributed by atoms with E-state index in [0.29, 0.717) is 30.7 Å². The van der Waals surface area contributed by atoms with Crippen LogP contribution in [0.25, 0.3) is 0 Å². The number of carbonyl (C=O) groups excluding carboxylic acids is 2. The van der Waals surface area contributed by atoms with Crippen LogP contribution in [0.1, 0.15) is 67.5 Å². The van der Waals surface area contributed by atoms with Crippen molar-refractivity contribution < 1.29 is 14.0 Å². The first-order valence-corrected chi connectivity index (χ1v) is 10.2. The summed E-state index contributed by atoms with van der Waals surface area (Å²) >= 11 is 0. The molecule has 1 atom stereocenters. The second-order valence-corrected chi connectivity index (χ2v) is 8.55. The van der Waals surface area contributed by atoms with Crippen molar-refractivity contribution in [3.63, 3.8) is 0 Å². The molecule has 2 amide bonds. The number of hydrogen-bond acceptors (Lipinski definition) is 3. The van der Waals surface area contributed by atoms with E-state index in [1.54, 1.807) is 6.26 Å². The van der Waals surface area contributed by atoms with Gasteiger partial charge in [-0.05, 0) is 51.0 Å². The third-order valence-corrected chi connectivity index (χ3v) is 6.72. The third kappa shape index (κ3) is 3.17. The number of furan rings is 1. The van der Waals surface area contributed by atoms with Gasteiger partial charge in [-0.15, -0.1) is 0 Å². The van der Waals surface area contributed by atoms with Gasteiger partial charge in [-0.1, -0.05) is 19.3 Å². The number of hydrogen-bond donors (Lipinski definition) is 0. The summed E-state index contributed by atoms with van der Waals surface area (Å²) in [6.45, 7) is 4.91. The first-order chi connectivity index (χ1) is 12.6. The molecule has 26 heavy (non-hydrogen) atoms. The number of nitrogens with zero attached hydrogens (tertiary/aromatic N) is 2. The van der Waals surface area contributed by atoms with Crippen LogP contribution in [0.3, 0.4) is 0 Å². The third-order valence-electron chi connectivity index (χ3n) is 6.72. The zero-order valence-electron chi connectivity index (χ0n) is 15.8. The van der Waals surface area contributed by atoms with Crippen molar-refractivity contribution >= 4 is 11.8 Å². The molecule has 142 valence electrons. The van der Waals surface area contributed by atoms with Gasteiger partial charge < -0.3 is 14.2 Å². The van der Waals surface area contributed by atoms with Gasteiger partial charge in [-0.2, -0.15) is 0 Å². The van der Waals surface area contributed by atoms with E-state index in [4.69, 9.17) is 4.42 Å². The van der Waals surface area contributed by atoms with Crippen LogP contribution < -0.4 is 0 Å². The zero-order chi connectivity index (χ0) is 18.1. The van der Waals surface area contributed by atoms with E-state index in [9.17, 15) is 9.59 Å². The highest BCUT2D eigenvalue weighted by atomic mass is 16.3. The maximum atomic E-state index is 13.3. The van der Waals surface area contributed by atoms with Crippen LogP contribution in [-0.2, 0) is 4.79 Å². The van der Waals surface area contributed by atoms with E-state index < -0.39 is 0 Å². The molecule has 0 aromatic carbocycles. The summed E-state index contributed by atoms with van der Waals surface area (Å²) in [7, 11) is 0. The van der Waals surface area contributed by atoms with Gasteiger partial charge in [0.2, 0.25) is 5.91 Å². The smallest absolute Gasteiger partial charge is 0.289 e. The quantitative estimate of drug-likeness (QED) is 0.829. The fourth-order valence-corrected chi connectivity index (χ4v) is 5.17. The van der Waals surface area contributed by atoms with E-state index >= 15 is 0 Å². The summed E-state index contributed by atoms with van der Waals surface area (Å²) in [5, 5.41) is 0. The van der Waals surface area contributed by atoms with E-state index in [0.717, 1.165) is 37.9 Å². The lowest BCUT2D eigenvalue weighted by atomic mass is 9.77. The molecule has 5 nitrogen and oxygen atoms in total. The summed E-state index contributed by atoms with van der Waals surface area (Å²) in [5.41, 5.74) is 0.508. The standard InChI is InChI=1S/C21H30N2O3/c1-16-8-13-26-18(16)19(24)23-12-10-21(15-23)9-5-11-22(20(21)25)14-17-6-3-2-4-7-17/h8,13,17H,2-7,9-12,14-15H2,1H3. The van der Waals surface area contributed by atoms with Crippen LogP contribution in [0, 0.1) is 18.3 Å². The molecular weight excluding hydrogens is 328 g/mol. The molecule has 4 rings (SSSR count). The Kier molecular flexibility index (Phi) is 4.80. The molecular formula is C21H30N2O3. The summed E-state index contributed by atoms with van der Waals surface area (Å²) in [5.74, 6) is 1.32. The Morgan fingerprint density at radius 3 is 2.73 bits per heavy atom. The molecule has 3 heterocycles. The molecule has 1 aromatic rings. The molecule has 1 aliphatic carbocycles. The Hall–Kier alpha value is -1.78. The van der Waals surface area contributed by atoms with Crippen LogP contribution in [0.2, 0.25) is 0 Å². The van der Waals surface area contributed by atoms with Gasteiger partial charge in [-0.3, -0.25) is 9.59 Å². The molecule has 1 aromatic heterocycles. The average molecular weight is 358 g/mol. The molecule has 1 saturated carbocycles. The van der Waals surface area contributed by atoms with Crippen LogP contribution >= 0.6 is 0 Å². The molecule has 0 N–H and O–H groups in total. The van der Waals surface area contributed by atoms with Gasteiger partial charge in [-0.25, -0.2) is 0 Å². The minimum absolute atomic E-state index is 0.0680. The highest BCUT2D eigenvalue weighted by molar-refractivity contribution is 5.94. The average Bonchev–Trinajstić information content (AvgIpc) is 3.27. The Balaban J connectivity index is 1.43. The minimum atomic E-state index is -0.358. The lowest BCUT2D eigenvalue weighted by Gasteiger charge is -2.41. The summed E-state index contributed by atoms with van der Waals surface area (Å²) in [6.07, 6.45) is 10.8. The SMILES string of the molecule is Cc1ccoc1C(=O)N1CCC2(CCCN(CC3CCCCC3)C2=O)C1. The second kappa shape index (κ2) is 7.09. The lowest BCUT2D eigenvalue weighted by molar-refractivity contribution is -0.146. The van der Waals surface area contributed by atoms with Gasteiger partial charge in [0.1, 0.15) is 0 Å². The number of amides is 2. The van der Waals surface area contributed by atoms with Crippen molar-refractivity contribution in [1.29, 1.82) is 0 Å². The lowest BCUT2D eigenvalue weighted by Crippen LogP contribution is -2.51. The minimum Gasteiger partial charge on any atom is -0.459 e. The first-order valence-electron chi connectivity index (χ1n) is 10.2. The number of aryl methyl sites for hydroxylation is 1. The summed E-state index contributed by atoms with van der Waals surface area (Å²) in [4.78, 5) is 30.0. The molecule has 5 heteroatoms. The van der Waals surface area contributed by atoms with Gasteiger partial charge >= 0.3 is 0 Å². The molecule has 0 bridgehead atoms. The molecule has 1 spiro atoms. The summed E-state index contributed by atoms with van der Waals surface area (Å²) in [6, 6.07) is 1.82. The molecule has 3 aliphatic rings. The van der Waals surface area contributed by atoms with Crippen LogP contribution in [0.15, 0.2) is 16.7 Å². The topological polar surface area (TPSA) is 53.8 Å². The Bertz CT molecular complexity index is 677. The van der Waals surface area contributed by atoms with E-state index in [1.165, 1.54) is 32.1 Å². The van der Waals surface area contributed by atoms with Crippen molar-refractivity contribution in [2.24, 2.45) is 11.3 Å². The van der Waals surface area contributed by atoms with E-state index in [-0.39, 0.29) is 11.3 Å². The monoisotopic (exact) mass is 358 g/mol. The van der Waals surface area contributed by atoms with Crippen molar-refractivity contribution in [2.45, 2.75) is 58.3 Å².